The van der Waals surface area contributed by atoms with Gasteiger partial charge < -0.3 is 10.1 Å². The van der Waals surface area contributed by atoms with E-state index in [1.165, 1.54) is 0 Å². The second-order valence-corrected chi connectivity index (χ2v) is 5.80. The van der Waals surface area contributed by atoms with Crippen LogP contribution in [0, 0.1) is 0 Å². The summed E-state index contributed by atoms with van der Waals surface area (Å²) in [5.74, 6) is 0.890. The lowest BCUT2D eigenvalue weighted by Crippen LogP contribution is -2.13. The van der Waals surface area contributed by atoms with Crippen molar-refractivity contribution in [3.05, 3.63) is 44.8 Å². The van der Waals surface area contributed by atoms with Crippen LogP contribution in [0.15, 0.2) is 34.2 Å². The molecule has 0 aliphatic heterocycles. The van der Waals surface area contributed by atoms with Gasteiger partial charge in [0.15, 0.2) is 0 Å². The summed E-state index contributed by atoms with van der Waals surface area (Å²) in [6, 6.07) is 6.35. The molecule has 0 radical (unpaired) electrons. The number of hydrogen-bond donors (Lipinski definition) is 1. The molecular weight excluding hydrogens is 312 g/mol. The van der Waals surface area contributed by atoms with Crippen molar-refractivity contribution in [1.82, 2.24) is 10.3 Å². The van der Waals surface area contributed by atoms with E-state index in [2.05, 4.69) is 39.2 Å². The predicted molar refractivity (Wildman–Crippen MR) is 78.1 cm³/mol. The first kappa shape index (κ1) is 13.5. The van der Waals surface area contributed by atoms with Crippen molar-refractivity contribution in [2.24, 2.45) is 0 Å². The Morgan fingerprint density at radius 3 is 3.00 bits per heavy atom. The van der Waals surface area contributed by atoms with Gasteiger partial charge in [-0.1, -0.05) is 22.0 Å². The molecule has 96 valence electrons. The molecule has 0 amide bonds. The number of ether oxygens (including phenoxy) is 1. The molecule has 0 spiro atoms. The molecule has 18 heavy (non-hydrogen) atoms. The highest BCUT2D eigenvalue weighted by molar-refractivity contribution is 9.10. The molecule has 1 aromatic heterocycles. The smallest absolute Gasteiger partial charge is 0.140 e. The van der Waals surface area contributed by atoms with E-state index in [4.69, 9.17) is 4.74 Å². The van der Waals surface area contributed by atoms with Crippen molar-refractivity contribution in [2.45, 2.75) is 19.6 Å². The fourth-order valence-electron chi connectivity index (χ4n) is 1.61. The average Bonchev–Trinajstić information content (AvgIpc) is 2.88. The van der Waals surface area contributed by atoms with Crippen LogP contribution in [-0.4, -0.2) is 12.0 Å². The summed E-state index contributed by atoms with van der Waals surface area (Å²) < 4.78 is 6.88. The van der Waals surface area contributed by atoms with Crippen molar-refractivity contribution < 1.29 is 4.74 Å². The summed E-state index contributed by atoms with van der Waals surface area (Å²) in [5.41, 5.74) is 1.15. The van der Waals surface area contributed by atoms with E-state index in [1.807, 2.05) is 24.6 Å². The zero-order valence-electron chi connectivity index (χ0n) is 10.3. The van der Waals surface area contributed by atoms with Crippen LogP contribution in [-0.2, 0) is 6.61 Å². The van der Waals surface area contributed by atoms with Crippen LogP contribution in [0.2, 0.25) is 0 Å². The number of benzene rings is 1. The first-order valence-electron chi connectivity index (χ1n) is 5.68. The number of thiazole rings is 1. The van der Waals surface area contributed by atoms with Crippen molar-refractivity contribution >= 4 is 27.3 Å². The SMILES string of the molecule is CNC(C)c1ccc(Br)cc1OCc1nccs1. The standard InChI is InChI=1S/C13H15BrN2OS/c1-9(15-2)11-4-3-10(14)7-12(11)17-8-13-16-5-6-18-13/h3-7,9,15H,8H2,1-2H3. The lowest BCUT2D eigenvalue weighted by atomic mass is 10.1. The molecule has 1 heterocycles. The summed E-state index contributed by atoms with van der Waals surface area (Å²) in [5, 5.41) is 6.17. The number of halogens is 1. The third kappa shape index (κ3) is 3.31. The summed E-state index contributed by atoms with van der Waals surface area (Å²) >= 11 is 5.08. The van der Waals surface area contributed by atoms with Gasteiger partial charge in [-0.2, -0.15) is 0 Å². The molecule has 1 atom stereocenters. The maximum absolute atomic E-state index is 5.86. The minimum atomic E-state index is 0.254. The molecule has 2 rings (SSSR count). The second kappa shape index (κ2) is 6.31. The van der Waals surface area contributed by atoms with Crippen molar-refractivity contribution in [3.63, 3.8) is 0 Å². The molecule has 0 fully saturated rings. The molecule has 0 saturated carbocycles. The van der Waals surface area contributed by atoms with E-state index < -0.39 is 0 Å². The average molecular weight is 327 g/mol. The van der Waals surface area contributed by atoms with Crippen LogP contribution in [0.5, 0.6) is 5.75 Å². The number of aromatic nitrogens is 1. The minimum Gasteiger partial charge on any atom is -0.486 e. The van der Waals surface area contributed by atoms with Gasteiger partial charge in [-0.25, -0.2) is 4.98 Å². The Bertz CT molecular complexity index is 502. The first-order valence-corrected chi connectivity index (χ1v) is 7.36. The maximum atomic E-state index is 5.86. The highest BCUT2D eigenvalue weighted by Crippen LogP contribution is 2.29. The minimum absolute atomic E-state index is 0.254. The molecular formula is C13H15BrN2OS. The molecule has 2 aromatic rings. The largest absolute Gasteiger partial charge is 0.486 e. The van der Waals surface area contributed by atoms with E-state index in [-0.39, 0.29) is 6.04 Å². The Labute approximate surface area is 119 Å². The Balaban J connectivity index is 2.17. The monoisotopic (exact) mass is 326 g/mol. The predicted octanol–water partition coefficient (Wildman–Crippen LogP) is 3.77. The van der Waals surface area contributed by atoms with E-state index >= 15 is 0 Å². The Kier molecular flexibility index (Phi) is 4.74. The van der Waals surface area contributed by atoms with Gasteiger partial charge in [-0.3, -0.25) is 0 Å². The summed E-state index contributed by atoms with van der Waals surface area (Å²) in [7, 11) is 1.94. The van der Waals surface area contributed by atoms with Crippen LogP contribution in [0.4, 0.5) is 0 Å². The highest BCUT2D eigenvalue weighted by Gasteiger charge is 2.11. The number of rotatable bonds is 5. The zero-order valence-corrected chi connectivity index (χ0v) is 12.7. The van der Waals surface area contributed by atoms with Gasteiger partial charge in [0.2, 0.25) is 0 Å². The fourth-order valence-corrected chi connectivity index (χ4v) is 2.48. The Hall–Kier alpha value is -0.910. The molecule has 3 nitrogen and oxygen atoms in total. The molecule has 5 heteroatoms. The molecule has 1 unspecified atom stereocenters. The summed E-state index contributed by atoms with van der Waals surface area (Å²) in [6.07, 6.45) is 1.79. The van der Waals surface area contributed by atoms with Gasteiger partial charge in [-0.05, 0) is 26.1 Å². The third-order valence-electron chi connectivity index (χ3n) is 2.71. The lowest BCUT2D eigenvalue weighted by Gasteiger charge is -2.16. The van der Waals surface area contributed by atoms with Crippen LogP contribution in [0.1, 0.15) is 23.5 Å². The maximum Gasteiger partial charge on any atom is 0.140 e. The number of nitrogens with one attached hydrogen (secondary N) is 1. The van der Waals surface area contributed by atoms with Gasteiger partial charge in [0.25, 0.3) is 0 Å². The first-order chi connectivity index (χ1) is 8.70. The van der Waals surface area contributed by atoms with Gasteiger partial charge in [-0.15, -0.1) is 11.3 Å². The van der Waals surface area contributed by atoms with Crippen LogP contribution in [0.25, 0.3) is 0 Å². The quantitative estimate of drug-likeness (QED) is 0.908. The Morgan fingerprint density at radius 1 is 1.50 bits per heavy atom. The zero-order chi connectivity index (χ0) is 13.0. The fraction of sp³-hybridized carbons (Fsp3) is 0.308. The Morgan fingerprint density at radius 2 is 2.33 bits per heavy atom. The molecule has 1 N–H and O–H groups in total. The number of hydrogen-bond acceptors (Lipinski definition) is 4. The van der Waals surface area contributed by atoms with Crippen LogP contribution < -0.4 is 10.1 Å². The third-order valence-corrected chi connectivity index (χ3v) is 3.96. The van der Waals surface area contributed by atoms with E-state index in [1.54, 1.807) is 17.5 Å². The van der Waals surface area contributed by atoms with E-state index in [0.717, 1.165) is 20.8 Å². The van der Waals surface area contributed by atoms with Gasteiger partial charge in [0.05, 0.1) is 0 Å². The van der Waals surface area contributed by atoms with Gasteiger partial charge >= 0.3 is 0 Å². The van der Waals surface area contributed by atoms with Gasteiger partial charge in [0.1, 0.15) is 17.4 Å². The molecule has 0 aliphatic carbocycles. The summed E-state index contributed by atoms with van der Waals surface area (Å²) in [6.45, 7) is 2.62. The van der Waals surface area contributed by atoms with Crippen LogP contribution in [0.3, 0.4) is 0 Å². The number of nitrogens with zero attached hydrogens (tertiary/aromatic N) is 1. The highest BCUT2D eigenvalue weighted by atomic mass is 79.9. The summed E-state index contributed by atoms with van der Waals surface area (Å²) in [4.78, 5) is 4.21. The van der Waals surface area contributed by atoms with Crippen LogP contribution >= 0.6 is 27.3 Å². The second-order valence-electron chi connectivity index (χ2n) is 3.91. The van der Waals surface area contributed by atoms with E-state index in [0.29, 0.717) is 6.61 Å². The molecule has 0 aliphatic rings. The van der Waals surface area contributed by atoms with E-state index in [9.17, 15) is 0 Å². The molecule has 0 bridgehead atoms. The van der Waals surface area contributed by atoms with Crippen molar-refractivity contribution in [3.8, 4) is 5.75 Å². The topological polar surface area (TPSA) is 34.1 Å². The lowest BCUT2D eigenvalue weighted by molar-refractivity contribution is 0.299. The van der Waals surface area contributed by atoms with Gasteiger partial charge in [0, 0.05) is 27.7 Å². The van der Waals surface area contributed by atoms with Crippen molar-refractivity contribution in [2.75, 3.05) is 7.05 Å². The molecule has 0 saturated heterocycles. The van der Waals surface area contributed by atoms with Crippen molar-refractivity contribution in [1.29, 1.82) is 0 Å². The normalized spacial score (nSPS) is 12.4. The molecule has 1 aromatic carbocycles.